The number of rotatable bonds is 3. The predicted octanol–water partition coefficient (Wildman–Crippen LogP) is 2.31. The molecule has 0 amide bonds. The molecule has 1 aromatic rings. The van der Waals surface area contributed by atoms with E-state index in [0.717, 1.165) is 0 Å². The van der Waals surface area contributed by atoms with E-state index in [9.17, 15) is 0 Å². The van der Waals surface area contributed by atoms with Gasteiger partial charge in [0, 0.05) is 6.92 Å². The van der Waals surface area contributed by atoms with Crippen LogP contribution in [-0.4, -0.2) is 12.5 Å². The molecule has 15 heavy (non-hydrogen) atoms. The smallest absolute Gasteiger partial charge is 0.223 e. The first kappa shape index (κ1) is 11.1. The Labute approximate surface area is 88.7 Å². The zero-order valence-corrected chi connectivity index (χ0v) is 8.73. The number of nitrogens with zero attached hydrogens (tertiary/aromatic N) is 2. The summed E-state index contributed by atoms with van der Waals surface area (Å²) >= 11 is 0. The lowest BCUT2D eigenvalue weighted by Crippen LogP contribution is -2.00. The molecular weight excluding hydrogens is 192 g/mol. The molecule has 0 atom stereocenters. The van der Waals surface area contributed by atoms with Gasteiger partial charge in [0.05, 0.1) is 18.2 Å². The molecule has 0 aromatic heterocycles. The van der Waals surface area contributed by atoms with Gasteiger partial charge < -0.3 is 9.57 Å². The normalized spacial score (nSPS) is 10.6. The van der Waals surface area contributed by atoms with E-state index < -0.39 is 0 Å². The van der Waals surface area contributed by atoms with Gasteiger partial charge in [-0.05, 0) is 36.3 Å². The number of nitriles is 1. The Morgan fingerprint density at radius 1 is 1.40 bits per heavy atom. The number of oxime groups is 1. The van der Waals surface area contributed by atoms with E-state index in [-0.39, 0.29) is 0 Å². The van der Waals surface area contributed by atoms with E-state index in [1.807, 2.05) is 13.0 Å². The summed E-state index contributed by atoms with van der Waals surface area (Å²) in [5.41, 5.74) is 0.591. The second-order valence-corrected chi connectivity index (χ2v) is 2.77. The maximum atomic E-state index is 8.58. The summed E-state index contributed by atoms with van der Waals surface area (Å²) in [4.78, 5) is 5.07. The molecular formula is C11H12N2O2. The minimum Gasteiger partial charge on any atom is -0.479 e. The molecule has 0 aliphatic carbocycles. The molecule has 4 heteroatoms. The van der Waals surface area contributed by atoms with Gasteiger partial charge in [0.2, 0.25) is 5.90 Å². The van der Waals surface area contributed by atoms with Crippen molar-refractivity contribution in [2.24, 2.45) is 5.16 Å². The topological polar surface area (TPSA) is 54.6 Å². The second-order valence-electron chi connectivity index (χ2n) is 2.77. The first-order chi connectivity index (χ1) is 7.26. The highest BCUT2D eigenvalue weighted by Gasteiger charge is 1.95. The van der Waals surface area contributed by atoms with Crippen molar-refractivity contribution in [1.29, 1.82) is 5.26 Å². The van der Waals surface area contributed by atoms with E-state index in [1.165, 1.54) is 0 Å². The lowest BCUT2D eigenvalue weighted by atomic mass is 10.2. The fourth-order valence-corrected chi connectivity index (χ4v) is 0.943. The maximum Gasteiger partial charge on any atom is 0.223 e. The monoisotopic (exact) mass is 204 g/mol. The van der Waals surface area contributed by atoms with Crippen molar-refractivity contribution in [3.05, 3.63) is 29.8 Å². The summed E-state index contributed by atoms with van der Waals surface area (Å²) in [6.45, 7) is 4.15. The molecule has 0 fully saturated rings. The average molecular weight is 204 g/mol. The zero-order chi connectivity index (χ0) is 11.1. The van der Waals surface area contributed by atoms with Gasteiger partial charge in [-0.1, -0.05) is 0 Å². The largest absolute Gasteiger partial charge is 0.479 e. The van der Waals surface area contributed by atoms with E-state index in [0.29, 0.717) is 23.8 Å². The van der Waals surface area contributed by atoms with Gasteiger partial charge in [-0.2, -0.15) is 5.26 Å². The van der Waals surface area contributed by atoms with Crippen molar-refractivity contribution in [2.75, 3.05) is 6.61 Å². The maximum absolute atomic E-state index is 8.58. The molecule has 4 nitrogen and oxygen atoms in total. The number of benzene rings is 1. The summed E-state index contributed by atoms with van der Waals surface area (Å²) in [5.74, 6) is 1.05. The standard InChI is InChI=1S/C11H12N2O2/c1-3-14-9(2)13-15-11-6-4-10(8-12)5-7-11/h4-7H,3H2,1-2H3/b13-9-. The molecule has 0 radical (unpaired) electrons. The molecule has 0 aliphatic heterocycles. The number of hydrogen-bond acceptors (Lipinski definition) is 4. The third kappa shape index (κ3) is 3.69. The van der Waals surface area contributed by atoms with Crippen molar-refractivity contribution in [3.8, 4) is 11.8 Å². The van der Waals surface area contributed by atoms with E-state index in [4.69, 9.17) is 14.8 Å². The molecule has 0 aliphatic rings. The minimum absolute atomic E-state index is 0.474. The van der Waals surface area contributed by atoms with Gasteiger partial charge in [0.1, 0.15) is 0 Å². The Morgan fingerprint density at radius 2 is 2.07 bits per heavy atom. The third-order valence-corrected chi connectivity index (χ3v) is 1.62. The van der Waals surface area contributed by atoms with Crippen LogP contribution in [0.2, 0.25) is 0 Å². The molecule has 0 spiro atoms. The Morgan fingerprint density at radius 3 is 2.60 bits per heavy atom. The lowest BCUT2D eigenvalue weighted by Gasteiger charge is -2.01. The van der Waals surface area contributed by atoms with Gasteiger partial charge in [-0.25, -0.2) is 0 Å². The molecule has 0 bridgehead atoms. The molecule has 0 heterocycles. The lowest BCUT2D eigenvalue weighted by molar-refractivity contribution is 0.276. The van der Waals surface area contributed by atoms with Crippen LogP contribution < -0.4 is 4.84 Å². The number of ether oxygens (including phenoxy) is 1. The SMILES string of the molecule is CCO/C(C)=N\Oc1ccc(C#N)cc1. The molecule has 78 valence electrons. The third-order valence-electron chi connectivity index (χ3n) is 1.62. The fourth-order valence-electron chi connectivity index (χ4n) is 0.943. The van der Waals surface area contributed by atoms with Crippen LogP contribution in [0.3, 0.4) is 0 Å². The highest BCUT2D eigenvalue weighted by Crippen LogP contribution is 2.11. The summed E-state index contributed by atoms with van der Waals surface area (Å²) in [7, 11) is 0. The molecule has 0 saturated carbocycles. The molecule has 0 unspecified atom stereocenters. The summed E-state index contributed by atoms with van der Waals surface area (Å²) in [5, 5.41) is 12.3. The Kier molecular flexibility index (Phi) is 4.17. The van der Waals surface area contributed by atoms with Crippen molar-refractivity contribution >= 4 is 5.90 Å². The minimum atomic E-state index is 0.474. The first-order valence-electron chi connectivity index (χ1n) is 4.61. The fraction of sp³-hybridized carbons (Fsp3) is 0.273. The van der Waals surface area contributed by atoms with Crippen LogP contribution >= 0.6 is 0 Å². The van der Waals surface area contributed by atoms with Gasteiger partial charge >= 0.3 is 0 Å². The molecule has 0 saturated heterocycles. The highest BCUT2D eigenvalue weighted by atomic mass is 16.6. The van der Waals surface area contributed by atoms with Gasteiger partial charge in [0.15, 0.2) is 5.75 Å². The molecule has 1 aromatic carbocycles. The first-order valence-corrected chi connectivity index (χ1v) is 4.61. The van der Waals surface area contributed by atoms with E-state index >= 15 is 0 Å². The Bertz CT molecular complexity index is 377. The van der Waals surface area contributed by atoms with Crippen LogP contribution in [0.15, 0.2) is 29.4 Å². The van der Waals surface area contributed by atoms with Crippen LogP contribution in [0.5, 0.6) is 5.75 Å². The van der Waals surface area contributed by atoms with Crippen molar-refractivity contribution in [1.82, 2.24) is 0 Å². The highest BCUT2D eigenvalue weighted by molar-refractivity contribution is 5.72. The predicted molar refractivity (Wildman–Crippen MR) is 56.5 cm³/mol. The van der Waals surface area contributed by atoms with Crippen LogP contribution in [0.1, 0.15) is 19.4 Å². The zero-order valence-electron chi connectivity index (χ0n) is 8.73. The summed E-state index contributed by atoms with van der Waals surface area (Å²) < 4.78 is 5.08. The second kappa shape index (κ2) is 5.66. The van der Waals surface area contributed by atoms with E-state index in [2.05, 4.69) is 5.16 Å². The van der Waals surface area contributed by atoms with Crippen molar-refractivity contribution < 1.29 is 9.57 Å². The van der Waals surface area contributed by atoms with Gasteiger partial charge in [-0.3, -0.25) is 0 Å². The van der Waals surface area contributed by atoms with Crippen LogP contribution in [0.25, 0.3) is 0 Å². The average Bonchev–Trinajstić information content (AvgIpc) is 2.27. The van der Waals surface area contributed by atoms with Gasteiger partial charge in [-0.15, -0.1) is 0 Å². The Hall–Kier alpha value is -2.02. The van der Waals surface area contributed by atoms with Crippen LogP contribution in [0, 0.1) is 11.3 Å². The Balaban J connectivity index is 2.58. The molecule has 1 rings (SSSR count). The number of hydrogen-bond donors (Lipinski definition) is 0. The summed E-state index contributed by atoms with van der Waals surface area (Å²) in [6.07, 6.45) is 0. The van der Waals surface area contributed by atoms with Crippen LogP contribution in [-0.2, 0) is 4.74 Å². The summed E-state index contributed by atoms with van der Waals surface area (Å²) in [6, 6.07) is 8.72. The van der Waals surface area contributed by atoms with Crippen molar-refractivity contribution in [2.45, 2.75) is 13.8 Å². The van der Waals surface area contributed by atoms with Crippen molar-refractivity contribution in [3.63, 3.8) is 0 Å². The quantitative estimate of drug-likeness (QED) is 0.431. The molecule has 0 N–H and O–H groups in total. The van der Waals surface area contributed by atoms with Gasteiger partial charge in [0.25, 0.3) is 0 Å². The van der Waals surface area contributed by atoms with Crippen LogP contribution in [0.4, 0.5) is 0 Å². The van der Waals surface area contributed by atoms with E-state index in [1.54, 1.807) is 31.2 Å².